The molecule has 1 aromatic carbocycles. The highest BCUT2D eigenvalue weighted by atomic mass is 79.9. The van der Waals surface area contributed by atoms with Crippen LogP contribution < -0.4 is 5.32 Å². The quantitative estimate of drug-likeness (QED) is 0.876. The molecule has 0 bridgehead atoms. The minimum absolute atomic E-state index is 0.204. The molecule has 1 atom stereocenters. The molecule has 0 amide bonds. The van der Waals surface area contributed by atoms with Gasteiger partial charge in [-0.1, -0.05) is 15.9 Å². The molecule has 0 aliphatic heterocycles. The van der Waals surface area contributed by atoms with Crippen LogP contribution in [0.25, 0.3) is 11.0 Å². The lowest BCUT2D eigenvalue weighted by atomic mass is 10.1. The van der Waals surface area contributed by atoms with Crippen molar-refractivity contribution in [3.63, 3.8) is 0 Å². The second kappa shape index (κ2) is 5.63. The first kappa shape index (κ1) is 14.5. The van der Waals surface area contributed by atoms with E-state index >= 15 is 0 Å². The van der Waals surface area contributed by atoms with Gasteiger partial charge in [0.2, 0.25) is 0 Å². The molecule has 0 aliphatic rings. The topological polar surface area (TPSA) is 25.2 Å². The Labute approximate surface area is 121 Å². The molecular formula is C15H19BrFNO. The number of hydrogen-bond acceptors (Lipinski definition) is 2. The molecular weight excluding hydrogens is 309 g/mol. The Morgan fingerprint density at radius 3 is 2.84 bits per heavy atom. The fourth-order valence-corrected chi connectivity index (χ4v) is 2.39. The van der Waals surface area contributed by atoms with Gasteiger partial charge in [0.15, 0.2) is 0 Å². The third kappa shape index (κ3) is 4.05. The molecule has 0 saturated carbocycles. The molecule has 1 heterocycles. The van der Waals surface area contributed by atoms with Crippen molar-refractivity contribution in [3.05, 3.63) is 34.5 Å². The number of halogens is 2. The summed E-state index contributed by atoms with van der Waals surface area (Å²) in [6.45, 7) is 5.57. The summed E-state index contributed by atoms with van der Waals surface area (Å²) < 4.78 is 20.0. The molecule has 0 spiro atoms. The smallest absolute Gasteiger partial charge is 0.134 e. The van der Waals surface area contributed by atoms with Crippen molar-refractivity contribution in [2.75, 3.05) is 6.54 Å². The number of hydrogen-bond donors (Lipinski definition) is 1. The zero-order valence-corrected chi connectivity index (χ0v) is 13.1. The Hall–Kier alpha value is -0.870. The average molecular weight is 328 g/mol. The Morgan fingerprint density at radius 2 is 2.16 bits per heavy atom. The molecule has 2 rings (SSSR count). The van der Waals surface area contributed by atoms with E-state index in [1.807, 2.05) is 12.1 Å². The van der Waals surface area contributed by atoms with Crippen molar-refractivity contribution in [1.29, 1.82) is 0 Å². The summed E-state index contributed by atoms with van der Waals surface area (Å²) in [5, 5.41) is 4.33. The van der Waals surface area contributed by atoms with E-state index < -0.39 is 5.67 Å². The first-order chi connectivity index (χ1) is 8.85. The van der Waals surface area contributed by atoms with E-state index in [-0.39, 0.29) is 6.04 Å². The Balaban J connectivity index is 2.06. The number of furan rings is 1. The molecule has 1 N–H and O–H groups in total. The summed E-state index contributed by atoms with van der Waals surface area (Å²) in [7, 11) is 0. The van der Waals surface area contributed by atoms with E-state index in [9.17, 15) is 4.39 Å². The zero-order chi connectivity index (χ0) is 14.0. The SMILES string of the molecule is CC(Cc1coc2ccc(Br)cc12)NCC(C)(C)F. The predicted molar refractivity (Wildman–Crippen MR) is 80.3 cm³/mol. The van der Waals surface area contributed by atoms with Gasteiger partial charge in [-0.3, -0.25) is 0 Å². The van der Waals surface area contributed by atoms with E-state index in [0.29, 0.717) is 6.54 Å². The lowest BCUT2D eigenvalue weighted by molar-refractivity contribution is 0.204. The van der Waals surface area contributed by atoms with E-state index in [1.54, 1.807) is 20.1 Å². The molecule has 0 radical (unpaired) electrons. The molecule has 0 aliphatic carbocycles. The first-order valence-electron chi connectivity index (χ1n) is 6.43. The van der Waals surface area contributed by atoms with Gasteiger partial charge in [0.05, 0.1) is 6.26 Å². The molecule has 4 heteroatoms. The fraction of sp³-hybridized carbons (Fsp3) is 0.467. The van der Waals surface area contributed by atoms with Crippen LogP contribution in [0.15, 0.2) is 33.4 Å². The van der Waals surface area contributed by atoms with Gasteiger partial charge < -0.3 is 9.73 Å². The number of alkyl halides is 1. The minimum atomic E-state index is -1.18. The third-order valence-electron chi connectivity index (χ3n) is 3.01. The number of fused-ring (bicyclic) bond motifs is 1. The van der Waals surface area contributed by atoms with Crippen LogP contribution in [0, 0.1) is 0 Å². The van der Waals surface area contributed by atoms with Gasteiger partial charge in [0.25, 0.3) is 0 Å². The van der Waals surface area contributed by atoms with Crippen LogP contribution in [0.1, 0.15) is 26.3 Å². The largest absolute Gasteiger partial charge is 0.464 e. The van der Waals surface area contributed by atoms with E-state index in [4.69, 9.17) is 4.42 Å². The maximum atomic E-state index is 13.4. The van der Waals surface area contributed by atoms with E-state index in [0.717, 1.165) is 27.4 Å². The lowest BCUT2D eigenvalue weighted by Crippen LogP contribution is -2.37. The number of rotatable bonds is 5. The Bertz CT molecular complexity index is 559. The van der Waals surface area contributed by atoms with Gasteiger partial charge in [-0.25, -0.2) is 4.39 Å². The van der Waals surface area contributed by atoms with Crippen molar-refractivity contribution in [2.24, 2.45) is 0 Å². The van der Waals surface area contributed by atoms with Gasteiger partial charge in [-0.05, 0) is 51.0 Å². The molecule has 0 saturated heterocycles. The highest BCUT2D eigenvalue weighted by molar-refractivity contribution is 9.10. The van der Waals surface area contributed by atoms with Crippen LogP contribution in [-0.4, -0.2) is 18.3 Å². The Morgan fingerprint density at radius 1 is 1.42 bits per heavy atom. The molecule has 104 valence electrons. The average Bonchev–Trinajstić information content (AvgIpc) is 2.68. The van der Waals surface area contributed by atoms with Crippen LogP contribution in [0.5, 0.6) is 0 Å². The van der Waals surface area contributed by atoms with Crippen molar-refractivity contribution in [3.8, 4) is 0 Å². The second-order valence-electron chi connectivity index (χ2n) is 5.61. The van der Waals surface area contributed by atoms with Gasteiger partial charge in [0, 0.05) is 22.4 Å². The lowest BCUT2D eigenvalue weighted by Gasteiger charge is -2.19. The van der Waals surface area contributed by atoms with Gasteiger partial charge in [-0.15, -0.1) is 0 Å². The Kier molecular flexibility index (Phi) is 4.31. The summed E-state index contributed by atoms with van der Waals surface area (Å²) in [6, 6.07) is 6.17. The van der Waals surface area contributed by atoms with Crippen molar-refractivity contribution < 1.29 is 8.81 Å². The van der Waals surface area contributed by atoms with Gasteiger partial charge in [-0.2, -0.15) is 0 Å². The summed E-state index contributed by atoms with van der Waals surface area (Å²) in [5.74, 6) is 0. The zero-order valence-electron chi connectivity index (χ0n) is 11.5. The molecule has 1 unspecified atom stereocenters. The van der Waals surface area contributed by atoms with Crippen LogP contribution in [0.4, 0.5) is 4.39 Å². The van der Waals surface area contributed by atoms with Gasteiger partial charge in [0.1, 0.15) is 11.3 Å². The summed E-state index contributed by atoms with van der Waals surface area (Å²) in [5.41, 5.74) is 0.847. The molecule has 0 fully saturated rings. The van der Waals surface area contributed by atoms with Crippen molar-refractivity contribution >= 4 is 26.9 Å². The maximum absolute atomic E-state index is 13.4. The number of benzene rings is 1. The highest BCUT2D eigenvalue weighted by Crippen LogP contribution is 2.25. The van der Waals surface area contributed by atoms with Crippen molar-refractivity contribution in [1.82, 2.24) is 5.32 Å². The standard InChI is InChI=1S/C15H19BrFNO/c1-10(18-9-15(2,3)17)6-11-8-19-14-5-4-12(16)7-13(11)14/h4-5,7-8,10,18H,6,9H2,1-3H3. The van der Waals surface area contributed by atoms with Crippen LogP contribution in [0.2, 0.25) is 0 Å². The molecule has 2 nitrogen and oxygen atoms in total. The van der Waals surface area contributed by atoms with Gasteiger partial charge >= 0.3 is 0 Å². The first-order valence-corrected chi connectivity index (χ1v) is 7.22. The van der Waals surface area contributed by atoms with Crippen LogP contribution in [0.3, 0.4) is 0 Å². The molecule has 19 heavy (non-hydrogen) atoms. The fourth-order valence-electron chi connectivity index (χ4n) is 2.03. The maximum Gasteiger partial charge on any atom is 0.134 e. The summed E-state index contributed by atoms with van der Waals surface area (Å²) in [6.07, 6.45) is 2.61. The number of nitrogens with one attached hydrogen (secondary N) is 1. The molecule has 2 aromatic rings. The van der Waals surface area contributed by atoms with Crippen molar-refractivity contribution in [2.45, 2.75) is 38.9 Å². The normalized spacial score (nSPS) is 13.9. The third-order valence-corrected chi connectivity index (χ3v) is 3.51. The monoisotopic (exact) mass is 327 g/mol. The second-order valence-corrected chi connectivity index (χ2v) is 6.52. The van der Waals surface area contributed by atoms with E-state index in [2.05, 4.69) is 34.2 Å². The molecule has 1 aromatic heterocycles. The predicted octanol–water partition coefficient (Wildman–Crippen LogP) is 4.46. The summed E-state index contributed by atoms with van der Waals surface area (Å²) >= 11 is 3.47. The summed E-state index contributed by atoms with van der Waals surface area (Å²) in [4.78, 5) is 0. The highest BCUT2D eigenvalue weighted by Gasteiger charge is 2.17. The van der Waals surface area contributed by atoms with E-state index in [1.165, 1.54) is 0 Å². The minimum Gasteiger partial charge on any atom is -0.464 e. The van der Waals surface area contributed by atoms with Crippen LogP contribution in [-0.2, 0) is 6.42 Å². The van der Waals surface area contributed by atoms with Crippen LogP contribution >= 0.6 is 15.9 Å².